The molecule has 90 valence electrons. The Hall–Kier alpha value is -1.39. The first-order valence-corrected chi connectivity index (χ1v) is 4.98. The second-order valence-corrected chi connectivity index (χ2v) is 3.88. The van der Waals surface area contributed by atoms with Crippen LogP contribution in [-0.2, 0) is 0 Å². The SMILES string of the molecule is Cc1c(N)cccc1NC(C)CC(F)(F)F. The summed E-state index contributed by atoms with van der Waals surface area (Å²) in [5.41, 5.74) is 7.66. The molecule has 0 aliphatic rings. The van der Waals surface area contributed by atoms with Crippen LogP contribution in [-0.4, -0.2) is 12.2 Å². The van der Waals surface area contributed by atoms with Crippen molar-refractivity contribution >= 4 is 11.4 Å². The molecule has 3 N–H and O–H groups in total. The Morgan fingerprint density at radius 1 is 1.38 bits per heavy atom. The largest absolute Gasteiger partial charge is 0.398 e. The monoisotopic (exact) mass is 232 g/mol. The lowest BCUT2D eigenvalue weighted by Gasteiger charge is -2.19. The molecule has 0 spiro atoms. The molecule has 0 saturated heterocycles. The van der Waals surface area contributed by atoms with Crippen molar-refractivity contribution in [1.82, 2.24) is 0 Å². The minimum absolute atomic E-state index is 0.573. The summed E-state index contributed by atoms with van der Waals surface area (Å²) < 4.78 is 36.4. The van der Waals surface area contributed by atoms with Gasteiger partial charge >= 0.3 is 6.18 Å². The fourth-order valence-electron chi connectivity index (χ4n) is 1.47. The molecular formula is C11H15F3N2. The summed E-state index contributed by atoms with van der Waals surface area (Å²) in [7, 11) is 0. The second kappa shape index (κ2) is 4.63. The molecule has 0 aliphatic heterocycles. The Kier molecular flexibility index (Phi) is 3.67. The molecule has 1 atom stereocenters. The maximum atomic E-state index is 12.1. The molecule has 16 heavy (non-hydrogen) atoms. The molecule has 1 aromatic rings. The Morgan fingerprint density at radius 3 is 2.56 bits per heavy atom. The number of nitrogen functional groups attached to an aromatic ring is 1. The molecule has 1 aromatic carbocycles. The average Bonchev–Trinajstić information content (AvgIpc) is 2.09. The number of nitrogens with one attached hydrogen (secondary N) is 1. The smallest absolute Gasteiger partial charge is 0.391 e. The molecule has 5 heteroatoms. The van der Waals surface area contributed by atoms with E-state index in [1.54, 1.807) is 25.1 Å². The number of halogens is 3. The minimum atomic E-state index is -4.15. The van der Waals surface area contributed by atoms with Crippen molar-refractivity contribution in [3.63, 3.8) is 0 Å². The van der Waals surface area contributed by atoms with Gasteiger partial charge in [-0.2, -0.15) is 13.2 Å². The lowest BCUT2D eigenvalue weighted by molar-refractivity contribution is -0.136. The maximum absolute atomic E-state index is 12.1. The van der Waals surface area contributed by atoms with Crippen LogP contribution >= 0.6 is 0 Å². The van der Waals surface area contributed by atoms with Crippen molar-refractivity contribution in [1.29, 1.82) is 0 Å². The van der Waals surface area contributed by atoms with E-state index >= 15 is 0 Å². The third-order valence-corrected chi connectivity index (χ3v) is 2.32. The predicted molar refractivity (Wildman–Crippen MR) is 59.3 cm³/mol. The van der Waals surface area contributed by atoms with Gasteiger partial charge in [-0.25, -0.2) is 0 Å². The van der Waals surface area contributed by atoms with Crippen LogP contribution in [0.4, 0.5) is 24.5 Å². The van der Waals surface area contributed by atoms with Gasteiger partial charge in [-0.3, -0.25) is 0 Å². The third kappa shape index (κ3) is 3.64. The lowest BCUT2D eigenvalue weighted by atomic mass is 10.1. The average molecular weight is 232 g/mol. The van der Waals surface area contributed by atoms with Gasteiger partial charge in [0.05, 0.1) is 6.42 Å². The quantitative estimate of drug-likeness (QED) is 0.784. The van der Waals surface area contributed by atoms with Crippen LogP contribution in [0.5, 0.6) is 0 Å². The van der Waals surface area contributed by atoms with E-state index in [9.17, 15) is 13.2 Å². The van der Waals surface area contributed by atoms with E-state index in [2.05, 4.69) is 5.32 Å². The van der Waals surface area contributed by atoms with E-state index in [4.69, 9.17) is 5.73 Å². The second-order valence-electron chi connectivity index (χ2n) is 3.88. The molecule has 0 fully saturated rings. The Bertz CT molecular complexity index is 361. The Balaban J connectivity index is 2.70. The van der Waals surface area contributed by atoms with Gasteiger partial charge in [-0.15, -0.1) is 0 Å². The molecule has 1 unspecified atom stereocenters. The topological polar surface area (TPSA) is 38.0 Å². The maximum Gasteiger partial charge on any atom is 0.391 e. The number of hydrogen-bond acceptors (Lipinski definition) is 2. The first kappa shape index (κ1) is 12.7. The first-order valence-electron chi connectivity index (χ1n) is 4.98. The molecule has 1 rings (SSSR count). The number of rotatable bonds is 3. The zero-order chi connectivity index (χ0) is 12.3. The van der Waals surface area contributed by atoms with Crippen LogP contribution in [0, 0.1) is 6.92 Å². The molecule has 0 heterocycles. The van der Waals surface area contributed by atoms with Crippen molar-refractivity contribution in [2.45, 2.75) is 32.5 Å². The van der Waals surface area contributed by atoms with Gasteiger partial charge in [0.2, 0.25) is 0 Å². The standard InChI is InChI=1S/C11H15F3N2/c1-7(6-11(12,13)14)16-10-5-3-4-9(15)8(10)2/h3-5,7,16H,6,15H2,1-2H3. The molecular weight excluding hydrogens is 217 g/mol. The Labute approximate surface area is 92.6 Å². The van der Waals surface area contributed by atoms with E-state index in [-0.39, 0.29) is 0 Å². The summed E-state index contributed by atoms with van der Waals surface area (Å²) >= 11 is 0. The van der Waals surface area contributed by atoms with Gasteiger partial charge in [0.25, 0.3) is 0 Å². The highest BCUT2D eigenvalue weighted by atomic mass is 19.4. The summed E-state index contributed by atoms with van der Waals surface area (Å²) in [4.78, 5) is 0. The van der Waals surface area contributed by atoms with Crippen molar-refractivity contribution < 1.29 is 13.2 Å². The fourth-order valence-corrected chi connectivity index (χ4v) is 1.47. The lowest BCUT2D eigenvalue weighted by Crippen LogP contribution is -2.24. The van der Waals surface area contributed by atoms with E-state index in [1.807, 2.05) is 0 Å². The predicted octanol–water partition coefficient (Wildman–Crippen LogP) is 3.33. The van der Waals surface area contributed by atoms with Crippen molar-refractivity contribution in [3.05, 3.63) is 23.8 Å². The van der Waals surface area contributed by atoms with Crippen molar-refractivity contribution in [2.24, 2.45) is 0 Å². The third-order valence-electron chi connectivity index (χ3n) is 2.32. The van der Waals surface area contributed by atoms with Crippen molar-refractivity contribution in [3.8, 4) is 0 Å². The molecule has 0 amide bonds. The summed E-state index contributed by atoms with van der Waals surface area (Å²) in [5.74, 6) is 0. The molecule has 2 nitrogen and oxygen atoms in total. The Morgan fingerprint density at radius 2 is 2.00 bits per heavy atom. The van der Waals surface area contributed by atoms with E-state index in [1.165, 1.54) is 6.92 Å². The van der Waals surface area contributed by atoms with Crippen LogP contribution < -0.4 is 11.1 Å². The number of hydrogen-bond donors (Lipinski definition) is 2. The van der Waals surface area contributed by atoms with Gasteiger partial charge < -0.3 is 11.1 Å². The van der Waals surface area contributed by atoms with Crippen LogP contribution in [0.25, 0.3) is 0 Å². The van der Waals surface area contributed by atoms with Crippen LogP contribution in [0.15, 0.2) is 18.2 Å². The van der Waals surface area contributed by atoms with Gasteiger partial charge in [0, 0.05) is 17.4 Å². The highest BCUT2D eigenvalue weighted by molar-refractivity contribution is 5.63. The number of alkyl halides is 3. The fraction of sp³-hybridized carbons (Fsp3) is 0.455. The summed E-state index contributed by atoms with van der Waals surface area (Å²) in [5, 5.41) is 2.81. The first-order chi connectivity index (χ1) is 7.29. The van der Waals surface area contributed by atoms with Crippen LogP contribution in [0.2, 0.25) is 0 Å². The van der Waals surface area contributed by atoms with Gasteiger partial charge in [-0.1, -0.05) is 6.07 Å². The minimum Gasteiger partial charge on any atom is -0.398 e. The van der Waals surface area contributed by atoms with E-state index < -0.39 is 18.6 Å². The van der Waals surface area contributed by atoms with E-state index in [0.29, 0.717) is 11.4 Å². The van der Waals surface area contributed by atoms with Crippen molar-refractivity contribution in [2.75, 3.05) is 11.1 Å². The normalized spacial score (nSPS) is 13.6. The number of anilines is 2. The molecule has 0 saturated carbocycles. The molecule has 0 aliphatic carbocycles. The summed E-state index contributed by atoms with van der Waals surface area (Å²) in [6.45, 7) is 3.27. The molecule has 0 bridgehead atoms. The number of nitrogens with two attached hydrogens (primary N) is 1. The zero-order valence-electron chi connectivity index (χ0n) is 9.23. The van der Waals surface area contributed by atoms with Gasteiger partial charge in [0.15, 0.2) is 0 Å². The number of benzene rings is 1. The highest BCUT2D eigenvalue weighted by Gasteiger charge is 2.30. The molecule has 0 radical (unpaired) electrons. The highest BCUT2D eigenvalue weighted by Crippen LogP contribution is 2.26. The van der Waals surface area contributed by atoms with E-state index in [0.717, 1.165) is 5.56 Å². The van der Waals surface area contributed by atoms with Gasteiger partial charge in [0.1, 0.15) is 0 Å². The zero-order valence-corrected chi connectivity index (χ0v) is 9.23. The molecule has 0 aromatic heterocycles. The van der Waals surface area contributed by atoms with Crippen LogP contribution in [0.1, 0.15) is 18.9 Å². The van der Waals surface area contributed by atoms with Crippen LogP contribution in [0.3, 0.4) is 0 Å². The summed E-state index contributed by atoms with van der Waals surface area (Å²) in [6, 6.07) is 4.49. The summed E-state index contributed by atoms with van der Waals surface area (Å²) in [6.07, 6.45) is -5.01. The van der Waals surface area contributed by atoms with Gasteiger partial charge in [-0.05, 0) is 31.5 Å².